The Morgan fingerprint density at radius 2 is 1.91 bits per heavy atom. The van der Waals surface area contributed by atoms with Gasteiger partial charge in [-0.25, -0.2) is 13.4 Å². The minimum absolute atomic E-state index is 0.00218. The van der Waals surface area contributed by atoms with E-state index in [0.717, 1.165) is 10.3 Å². The van der Waals surface area contributed by atoms with Gasteiger partial charge < -0.3 is 9.15 Å². The van der Waals surface area contributed by atoms with Gasteiger partial charge >= 0.3 is 0 Å². The summed E-state index contributed by atoms with van der Waals surface area (Å²) >= 11 is 1.39. The van der Waals surface area contributed by atoms with E-state index in [2.05, 4.69) is 0 Å². The third-order valence-corrected chi connectivity index (χ3v) is 8.09. The number of carbonyl (C=O) groups excluding carboxylic acids is 1. The van der Waals surface area contributed by atoms with Gasteiger partial charge in [0.1, 0.15) is 17.0 Å². The van der Waals surface area contributed by atoms with Gasteiger partial charge in [-0.15, -0.1) is 0 Å². The molecule has 0 saturated carbocycles. The van der Waals surface area contributed by atoms with Crippen LogP contribution in [-0.4, -0.2) is 32.2 Å². The lowest BCUT2D eigenvalue weighted by Gasteiger charge is -2.19. The number of ether oxygens (including phenoxy) is 1. The molecular formula is C23H22N2O5S2. The maximum Gasteiger partial charge on any atom is 0.260 e. The molecule has 4 aromatic rings. The summed E-state index contributed by atoms with van der Waals surface area (Å²) in [6.07, 6.45) is 1.55. The second-order valence-electron chi connectivity index (χ2n) is 7.16. The van der Waals surface area contributed by atoms with Crippen molar-refractivity contribution in [2.45, 2.75) is 25.3 Å². The van der Waals surface area contributed by atoms with Crippen molar-refractivity contribution in [3.63, 3.8) is 0 Å². The van der Waals surface area contributed by atoms with Gasteiger partial charge in [-0.2, -0.15) is 0 Å². The van der Waals surface area contributed by atoms with Crippen LogP contribution in [0.3, 0.4) is 0 Å². The van der Waals surface area contributed by atoms with Gasteiger partial charge in [0.15, 0.2) is 15.0 Å². The van der Waals surface area contributed by atoms with Crippen molar-refractivity contribution in [2.75, 3.05) is 17.8 Å². The van der Waals surface area contributed by atoms with E-state index in [9.17, 15) is 13.2 Å². The Morgan fingerprint density at radius 3 is 2.53 bits per heavy atom. The minimum atomic E-state index is -3.35. The van der Waals surface area contributed by atoms with Crippen molar-refractivity contribution in [3.8, 4) is 5.75 Å². The van der Waals surface area contributed by atoms with Crippen molar-refractivity contribution in [1.82, 2.24) is 4.98 Å². The second-order valence-corrected chi connectivity index (χ2v) is 10.4. The number of hydrogen-bond donors (Lipinski definition) is 0. The summed E-state index contributed by atoms with van der Waals surface area (Å²) in [6.45, 7) is 3.75. The Hall–Kier alpha value is -3.17. The molecule has 0 atom stereocenters. The number of thiazole rings is 1. The number of methoxy groups -OCH3 is 1. The molecule has 1 amide bonds. The van der Waals surface area contributed by atoms with E-state index in [-0.39, 0.29) is 23.1 Å². The van der Waals surface area contributed by atoms with Crippen LogP contribution in [0.25, 0.3) is 10.2 Å². The summed E-state index contributed by atoms with van der Waals surface area (Å²) < 4.78 is 36.1. The highest BCUT2D eigenvalue weighted by atomic mass is 32.2. The van der Waals surface area contributed by atoms with Crippen LogP contribution >= 0.6 is 11.3 Å². The first-order valence-corrected chi connectivity index (χ1v) is 12.4. The highest BCUT2D eigenvalue weighted by molar-refractivity contribution is 7.91. The number of hydrogen-bond acceptors (Lipinski definition) is 7. The van der Waals surface area contributed by atoms with Gasteiger partial charge in [0.2, 0.25) is 0 Å². The van der Waals surface area contributed by atoms with E-state index in [0.29, 0.717) is 27.7 Å². The first kappa shape index (κ1) is 22.0. The van der Waals surface area contributed by atoms with Gasteiger partial charge in [-0.1, -0.05) is 24.3 Å². The number of aromatic nitrogens is 1. The van der Waals surface area contributed by atoms with Crippen LogP contribution in [0.2, 0.25) is 0 Å². The molecule has 4 rings (SSSR count). The lowest BCUT2D eigenvalue weighted by molar-refractivity contribution is 0.0983. The molecule has 0 N–H and O–H groups in total. The zero-order chi connectivity index (χ0) is 22.9. The zero-order valence-corrected chi connectivity index (χ0v) is 19.5. The molecule has 166 valence electrons. The minimum Gasteiger partial charge on any atom is -0.494 e. The predicted molar refractivity (Wildman–Crippen MR) is 124 cm³/mol. The average Bonchev–Trinajstić information content (AvgIpc) is 3.48. The summed E-state index contributed by atoms with van der Waals surface area (Å²) in [4.78, 5) is 19.9. The first-order chi connectivity index (χ1) is 15.3. The second kappa shape index (κ2) is 8.76. The van der Waals surface area contributed by atoms with E-state index in [4.69, 9.17) is 14.1 Å². The van der Waals surface area contributed by atoms with Crippen molar-refractivity contribution in [1.29, 1.82) is 0 Å². The molecule has 0 fully saturated rings. The van der Waals surface area contributed by atoms with Crippen molar-refractivity contribution < 1.29 is 22.4 Å². The first-order valence-electron chi connectivity index (χ1n) is 9.95. The SMILES string of the molecule is CCS(=O)(=O)c1ccc(C(=O)N(Cc2ccco2)c2nc3c(OC)ccc(C)c3s2)cc1. The number of aryl methyl sites for hydroxylation is 1. The van der Waals surface area contributed by atoms with Crippen LogP contribution in [0.4, 0.5) is 5.13 Å². The van der Waals surface area contributed by atoms with E-state index in [1.54, 1.807) is 32.4 Å². The summed E-state index contributed by atoms with van der Waals surface area (Å²) in [7, 11) is -1.76. The Bertz CT molecular complexity index is 1360. The fraction of sp³-hybridized carbons (Fsp3) is 0.217. The third-order valence-electron chi connectivity index (χ3n) is 5.12. The van der Waals surface area contributed by atoms with Gasteiger partial charge in [0, 0.05) is 5.56 Å². The number of carbonyl (C=O) groups is 1. The molecule has 9 heteroatoms. The van der Waals surface area contributed by atoms with Crippen molar-refractivity contribution in [3.05, 3.63) is 71.7 Å². The normalized spacial score (nSPS) is 11.6. The van der Waals surface area contributed by atoms with Crippen molar-refractivity contribution >= 4 is 42.4 Å². The fourth-order valence-corrected chi connectivity index (χ4v) is 5.22. The Labute approximate surface area is 190 Å². The van der Waals surface area contributed by atoms with Crippen LogP contribution in [-0.2, 0) is 16.4 Å². The number of sulfone groups is 1. The molecule has 0 radical (unpaired) electrons. The lowest BCUT2D eigenvalue weighted by atomic mass is 10.2. The third kappa shape index (κ3) is 4.13. The molecule has 0 bridgehead atoms. The van der Waals surface area contributed by atoms with E-state index < -0.39 is 9.84 Å². The van der Waals surface area contributed by atoms with Gasteiger partial charge in [0.05, 0.1) is 35.3 Å². The number of benzene rings is 2. The van der Waals surface area contributed by atoms with Crippen LogP contribution in [0.1, 0.15) is 28.6 Å². The number of rotatable bonds is 7. The standard InChI is InChI=1S/C23H22N2O5S2/c1-4-32(27,28)18-10-8-16(9-11-18)22(26)25(14-17-6-5-13-30-17)23-24-20-19(29-3)12-7-15(2)21(20)31-23/h5-13H,4,14H2,1-3H3. The molecule has 0 aliphatic carbocycles. The maximum atomic E-state index is 13.5. The molecule has 2 aromatic heterocycles. The average molecular weight is 471 g/mol. The highest BCUT2D eigenvalue weighted by Crippen LogP contribution is 2.37. The van der Waals surface area contributed by atoms with Gasteiger partial charge in [0.25, 0.3) is 5.91 Å². The van der Waals surface area contributed by atoms with Crippen LogP contribution in [0.15, 0.2) is 64.1 Å². The number of anilines is 1. The number of fused-ring (bicyclic) bond motifs is 1. The lowest BCUT2D eigenvalue weighted by Crippen LogP contribution is -2.30. The molecule has 0 unspecified atom stereocenters. The van der Waals surface area contributed by atoms with E-state index >= 15 is 0 Å². The molecule has 0 spiro atoms. The zero-order valence-electron chi connectivity index (χ0n) is 17.9. The molecule has 2 heterocycles. The van der Waals surface area contributed by atoms with Crippen LogP contribution in [0.5, 0.6) is 5.75 Å². The molecule has 0 saturated heterocycles. The van der Waals surface area contributed by atoms with E-state index in [1.165, 1.54) is 40.5 Å². The van der Waals surface area contributed by atoms with E-state index in [1.807, 2.05) is 19.1 Å². The Balaban J connectivity index is 1.77. The summed E-state index contributed by atoms with van der Waals surface area (Å²) in [5, 5.41) is 0.499. The topological polar surface area (TPSA) is 89.7 Å². The van der Waals surface area contributed by atoms with Crippen molar-refractivity contribution in [2.24, 2.45) is 0 Å². The quantitative estimate of drug-likeness (QED) is 0.384. The molecule has 0 aliphatic rings. The predicted octanol–water partition coefficient (Wildman–Crippen LogP) is 4.85. The maximum absolute atomic E-state index is 13.5. The number of nitrogens with zero attached hydrogens (tertiary/aromatic N) is 2. The Morgan fingerprint density at radius 1 is 1.16 bits per heavy atom. The molecule has 0 aliphatic heterocycles. The number of amides is 1. The monoisotopic (exact) mass is 470 g/mol. The van der Waals surface area contributed by atoms with Crippen LogP contribution in [0, 0.1) is 6.92 Å². The highest BCUT2D eigenvalue weighted by Gasteiger charge is 2.24. The summed E-state index contributed by atoms with van der Waals surface area (Å²) in [5.41, 5.74) is 2.08. The molecule has 32 heavy (non-hydrogen) atoms. The van der Waals surface area contributed by atoms with Gasteiger partial charge in [-0.05, 0) is 55.0 Å². The largest absolute Gasteiger partial charge is 0.494 e. The van der Waals surface area contributed by atoms with Crippen LogP contribution < -0.4 is 9.64 Å². The molecule has 7 nitrogen and oxygen atoms in total. The van der Waals surface area contributed by atoms with Gasteiger partial charge in [-0.3, -0.25) is 9.69 Å². The summed E-state index contributed by atoms with van der Waals surface area (Å²) in [6, 6.07) is 13.3. The fourth-order valence-electron chi connectivity index (χ4n) is 3.29. The molecule has 2 aromatic carbocycles. The summed E-state index contributed by atoms with van der Waals surface area (Å²) in [5.74, 6) is 0.925. The smallest absolute Gasteiger partial charge is 0.260 e. The number of furan rings is 1. The molecular weight excluding hydrogens is 448 g/mol. The Kier molecular flexibility index (Phi) is 6.03.